The van der Waals surface area contributed by atoms with E-state index in [1.807, 2.05) is 12.1 Å². The second-order valence-corrected chi connectivity index (χ2v) is 4.80. The molecule has 102 valence electrons. The van der Waals surface area contributed by atoms with Crippen LogP contribution < -0.4 is 0 Å². The van der Waals surface area contributed by atoms with E-state index in [4.69, 9.17) is 9.47 Å². The van der Waals surface area contributed by atoms with Gasteiger partial charge in [-0.2, -0.15) is 0 Å². The van der Waals surface area contributed by atoms with Gasteiger partial charge in [0.2, 0.25) is 0 Å². The largest absolute Gasteiger partial charge is 0.435 e. The minimum Gasteiger partial charge on any atom is -0.435 e. The Morgan fingerprint density at radius 2 is 1.89 bits per heavy atom. The summed E-state index contributed by atoms with van der Waals surface area (Å²) < 4.78 is 10.7. The number of esters is 1. The fraction of sp³-hybridized carbons (Fsp3) is 0.438. The molecule has 2 rings (SSSR count). The summed E-state index contributed by atoms with van der Waals surface area (Å²) in [5.41, 5.74) is 1.52. The summed E-state index contributed by atoms with van der Waals surface area (Å²) in [7, 11) is 0. The third-order valence-corrected chi connectivity index (χ3v) is 3.43. The van der Waals surface area contributed by atoms with Crippen LogP contribution in [0.15, 0.2) is 30.8 Å². The first-order valence-electron chi connectivity index (χ1n) is 6.81. The summed E-state index contributed by atoms with van der Waals surface area (Å²) in [5, 5.41) is 0. The average molecular weight is 260 g/mol. The quantitative estimate of drug-likeness (QED) is 0.597. The normalized spacial score (nSPS) is 16.0. The molecule has 0 radical (unpaired) electrons. The van der Waals surface area contributed by atoms with E-state index in [1.165, 1.54) is 19.3 Å². The van der Waals surface area contributed by atoms with Crippen LogP contribution in [0.4, 0.5) is 0 Å². The molecule has 0 spiro atoms. The first-order chi connectivity index (χ1) is 9.29. The van der Waals surface area contributed by atoms with Gasteiger partial charge in [-0.25, -0.2) is 4.79 Å². The van der Waals surface area contributed by atoms with E-state index in [0.717, 1.165) is 18.4 Å². The van der Waals surface area contributed by atoms with Gasteiger partial charge in [-0.05, 0) is 30.5 Å². The monoisotopic (exact) mass is 260 g/mol. The van der Waals surface area contributed by atoms with E-state index < -0.39 is 0 Å². The molecule has 0 aromatic heterocycles. The molecular weight excluding hydrogens is 240 g/mol. The van der Waals surface area contributed by atoms with E-state index in [2.05, 4.69) is 6.58 Å². The maximum Gasteiger partial charge on any atom is 0.340 e. The highest BCUT2D eigenvalue weighted by atomic mass is 16.7. The van der Waals surface area contributed by atoms with Crippen LogP contribution in [0.5, 0.6) is 0 Å². The Hall–Kier alpha value is -1.61. The zero-order chi connectivity index (χ0) is 13.5. The molecule has 0 saturated heterocycles. The highest BCUT2D eigenvalue weighted by molar-refractivity contribution is 5.89. The molecule has 0 bridgehead atoms. The molecule has 0 atom stereocenters. The molecule has 0 N–H and O–H groups in total. The summed E-state index contributed by atoms with van der Waals surface area (Å²) in [5.74, 6) is -0.341. The molecule has 1 aliphatic carbocycles. The first-order valence-corrected chi connectivity index (χ1v) is 6.81. The molecule has 1 aliphatic rings. The standard InChI is InChI=1S/C16H20O3/c1-2-13-8-10-14(11-9-13)16(17)19-12-18-15-6-4-3-5-7-15/h2,8-11,15H,1,3-7,12H2. The molecule has 3 nitrogen and oxygen atoms in total. The smallest absolute Gasteiger partial charge is 0.340 e. The maximum absolute atomic E-state index is 11.8. The molecule has 0 heterocycles. The summed E-state index contributed by atoms with van der Waals surface area (Å²) in [6, 6.07) is 7.15. The number of hydrogen-bond acceptors (Lipinski definition) is 3. The molecule has 0 amide bonds. The van der Waals surface area contributed by atoms with Gasteiger partial charge in [0.1, 0.15) is 0 Å². The summed E-state index contributed by atoms with van der Waals surface area (Å²) in [6.07, 6.45) is 7.85. The maximum atomic E-state index is 11.8. The number of carbonyl (C=O) groups is 1. The first kappa shape index (κ1) is 13.8. The van der Waals surface area contributed by atoms with Crippen LogP contribution in [0.3, 0.4) is 0 Å². The van der Waals surface area contributed by atoms with Crippen molar-refractivity contribution >= 4 is 12.0 Å². The zero-order valence-corrected chi connectivity index (χ0v) is 11.1. The molecule has 1 saturated carbocycles. The third-order valence-electron chi connectivity index (χ3n) is 3.43. The predicted octanol–water partition coefficient (Wildman–Crippen LogP) is 3.79. The molecule has 0 aliphatic heterocycles. The van der Waals surface area contributed by atoms with Crippen molar-refractivity contribution in [3.05, 3.63) is 42.0 Å². The average Bonchev–Trinajstić information content (AvgIpc) is 2.48. The van der Waals surface area contributed by atoms with Crippen LogP contribution in [-0.4, -0.2) is 18.9 Å². The Balaban J connectivity index is 1.75. The predicted molar refractivity (Wildman–Crippen MR) is 74.8 cm³/mol. The fourth-order valence-corrected chi connectivity index (χ4v) is 2.25. The third kappa shape index (κ3) is 4.21. The van der Waals surface area contributed by atoms with Crippen LogP contribution in [0.1, 0.15) is 48.0 Å². The van der Waals surface area contributed by atoms with Crippen molar-refractivity contribution in [2.45, 2.75) is 38.2 Å². The minimum atomic E-state index is -0.341. The highest BCUT2D eigenvalue weighted by Gasteiger charge is 2.14. The van der Waals surface area contributed by atoms with Crippen molar-refractivity contribution in [3.63, 3.8) is 0 Å². The Morgan fingerprint density at radius 3 is 2.53 bits per heavy atom. The Morgan fingerprint density at radius 1 is 1.21 bits per heavy atom. The lowest BCUT2D eigenvalue weighted by Gasteiger charge is -2.21. The van der Waals surface area contributed by atoms with Crippen LogP contribution in [-0.2, 0) is 9.47 Å². The Labute approximate surface area is 114 Å². The van der Waals surface area contributed by atoms with Gasteiger partial charge >= 0.3 is 5.97 Å². The second-order valence-electron chi connectivity index (χ2n) is 4.80. The molecular formula is C16H20O3. The summed E-state index contributed by atoms with van der Waals surface area (Å²) >= 11 is 0. The molecule has 1 aromatic carbocycles. The number of carbonyl (C=O) groups excluding carboxylic acids is 1. The lowest BCUT2D eigenvalue weighted by atomic mass is 9.98. The van der Waals surface area contributed by atoms with Crippen molar-refractivity contribution in [2.75, 3.05) is 6.79 Å². The van der Waals surface area contributed by atoms with Crippen molar-refractivity contribution < 1.29 is 14.3 Å². The van der Waals surface area contributed by atoms with Gasteiger partial charge in [0.05, 0.1) is 11.7 Å². The summed E-state index contributed by atoms with van der Waals surface area (Å²) in [6.45, 7) is 3.72. The fourth-order valence-electron chi connectivity index (χ4n) is 2.25. The molecule has 1 aromatic rings. The molecule has 3 heteroatoms. The van der Waals surface area contributed by atoms with Gasteiger partial charge in [-0.15, -0.1) is 0 Å². The molecule has 0 unspecified atom stereocenters. The van der Waals surface area contributed by atoms with E-state index in [0.29, 0.717) is 5.56 Å². The van der Waals surface area contributed by atoms with Gasteiger partial charge in [-0.1, -0.05) is 44.1 Å². The molecule has 19 heavy (non-hydrogen) atoms. The van der Waals surface area contributed by atoms with Crippen molar-refractivity contribution in [2.24, 2.45) is 0 Å². The minimum absolute atomic E-state index is 0.0483. The lowest BCUT2D eigenvalue weighted by molar-refractivity contribution is -0.0749. The Bertz CT molecular complexity index is 416. The lowest BCUT2D eigenvalue weighted by Crippen LogP contribution is -2.19. The van der Waals surface area contributed by atoms with Crippen molar-refractivity contribution in [1.29, 1.82) is 0 Å². The number of benzene rings is 1. The van der Waals surface area contributed by atoms with E-state index in [9.17, 15) is 4.79 Å². The number of ether oxygens (including phenoxy) is 2. The van der Waals surface area contributed by atoms with E-state index >= 15 is 0 Å². The topological polar surface area (TPSA) is 35.5 Å². The SMILES string of the molecule is C=Cc1ccc(C(=O)OCOC2CCCCC2)cc1. The number of rotatable bonds is 5. The second kappa shape index (κ2) is 7.10. The highest BCUT2D eigenvalue weighted by Crippen LogP contribution is 2.20. The van der Waals surface area contributed by atoms with Crippen LogP contribution >= 0.6 is 0 Å². The van der Waals surface area contributed by atoms with Gasteiger partial charge < -0.3 is 9.47 Å². The van der Waals surface area contributed by atoms with Gasteiger partial charge in [0, 0.05) is 0 Å². The van der Waals surface area contributed by atoms with Gasteiger partial charge in [0.15, 0.2) is 6.79 Å². The summed E-state index contributed by atoms with van der Waals surface area (Å²) in [4.78, 5) is 11.8. The molecule has 1 fully saturated rings. The van der Waals surface area contributed by atoms with Crippen LogP contribution in [0.2, 0.25) is 0 Å². The Kier molecular flexibility index (Phi) is 5.16. The van der Waals surface area contributed by atoms with E-state index in [-0.39, 0.29) is 18.9 Å². The van der Waals surface area contributed by atoms with Crippen LogP contribution in [0, 0.1) is 0 Å². The van der Waals surface area contributed by atoms with Crippen molar-refractivity contribution in [3.8, 4) is 0 Å². The van der Waals surface area contributed by atoms with E-state index in [1.54, 1.807) is 18.2 Å². The van der Waals surface area contributed by atoms with Crippen molar-refractivity contribution in [1.82, 2.24) is 0 Å². The van der Waals surface area contributed by atoms with Crippen LogP contribution in [0.25, 0.3) is 6.08 Å². The van der Waals surface area contributed by atoms with Gasteiger partial charge in [-0.3, -0.25) is 0 Å². The van der Waals surface area contributed by atoms with Gasteiger partial charge in [0.25, 0.3) is 0 Å². The number of hydrogen-bond donors (Lipinski definition) is 0. The zero-order valence-electron chi connectivity index (χ0n) is 11.1.